The van der Waals surface area contributed by atoms with Gasteiger partial charge in [0.25, 0.3) is 0 Å². The Bertz CT molecular complexity index is 442. The van der Waals surface area contributed by atoms with Crippen molar-refractivity contribution in [3.63, 3.8) is 0 Å². The van der Waals surface area contributed by atoms with Gasteiger partial charge in [-0.05, 0) is 56.9 Å². The van der Waals surface area contributed by atoms with E-state index in [2.05, 4.69) is 42.7 Å². The fourth-order valence-electron chi connectivity index (χ4n) is 2.95. The number of benzene rings is 1. The van der Waals surface area contributed by atoms with Crippen molar-refractivity contribution in [1.82, 2.24) is 5.32 Å². The van der Waals surface area contributed by atoms with Crippen molar-refractivity contribution in [3.8, 4) is 5.75 Å². The van der Waals surface area contributed by atoms with Crippen LogP contribution in [0.2, 0.25) is 0 Å². The topological polar surface area (TPSA) is 33.3 Å². The molecular weight excluding hydrogens is 224 g/mol. The van der Waals surface area contributed by atoms with E-state index in [1.54, 1.807) is 0 Å². The largest absolute Gasteiger partial charge is 0.493 e. The second kappa shape index (κ2) is 4.47. The third-order valence-corrected chi connectivity index (χ3v) is 3.86. The number of anilines is 1. The van der Waals surface area contributed by atoms with Crippen molar-refractivity contribution < 1.29 is 4.74 Å². The summed E-state index contributed by atoms with van der Waals surface area (Å²) in [6, 6.07) is 7.02. The number of nitrogens with one attached hydrogen (secondary N) is 2. The Morgan fingerprint density at radius 1 is 1.39 bits per heavy atom. The molecule has 1 fully saturated rings. The molecule has 0 bridgehead atoms. The molecular formula is C15H22N2O. The standard InChI is InChI=1S/C15H22N2O/c1-15(2)9-13(10-16-15)17-12-5-6-14-11(8-12)4-3-7-18-14/h5-6,8,13,16-17H,3-4,7,9-10H2,1-2H3. The van der Waals surface area contributed by atoms with E-state index in [-0.39, 0.29) is 5.54 Å². The Hall–Kier alpha value is -1.22. The quantitative estimate of drug-likeness (QED) is 0.841. The molecule has 1 aromatic rings. The van der Waals surface area contributed by atoms with E-state index in [1.165, 1.54) is 17.7 Å². The van der Waals surface area contributed by atoms with Crippen LogP contribution >= 0.6 is 0 Å². The van der Waals surface area contributed by atoms with Crippen molar-refractivity contribution in [2.45, 2.75) is 44.7 Å². The first kappa shape index (κ1) is 11.8. The lowest BCUT2D eigenvalue weighted by Crippen LogP contribution is -2.31. The fraction of sp³-hybridized carbons (Fsp3) is 0.600. The molecule has 2 aliphatic rings. The van der Waals surface area contributed by atoms with Crippen molar-refractivity contribution >= 4 is 5.69 Å². The van der Waals surface area contributed by atoms with E-state index >= 15 is 0 Å². The first-order valence-electron chi connectivity index (χ1n) is 6.90. The van der Waals surface area contributed by atoms with Crippen molar-refractivity contribution in [2.24, 2.45) is 0 Å². The highest BCUT2D eigenvalue weighted by Gasteiger charge is 2.30. The molecule has 0 radical (unpaired) electrons. The van der Waals surface area contributed by atoms with Crippen LogP contribution in [0.3, 0.4) is 0 Å². The number of hydrogen-bond donors (Lipinski definition) is 2. The van der Waals surface area contributed by atoms with Gasteiger partial charge >= 0.3 is 0 Å². The number of aryl methyl sites for hydroxylation is 1. The highest BCUT2D eigenvalue weighted by Crippen LogP contribution is 2.29. The summed E-state index contributed by atoms with van der Waals surface area (Å²) >= 11 is 0. The van der Waals surface area contributed by atoms with Crippen LogP contribution in [0.25, 0.3) is 0 Å². The number of hydrogen-bond acceptors (Lipinski definition) is 3. The van der Waals surface area contributed by atoms with Crippen LogP contribution in [-0.2, 0) is 6.42 Å². The van der Waals surface area contributed by atoms with Crippen LogP contribution in [-0.4, -0.2) is 24.7 Å². The van der Waals surface area contributed by atoms with Gasteiger partial charge in [0.05, 0.1) is 6.61 Å². The molecule has 0 aromatic heterocycles. The molecule has 3 heteroatoms. The maximum absolute atomic E-state index is 5.64. The zero-order valence-electron chi connectivity index (χ0n) is 11.3. The Morgan fingerprint density at radius 3 is 3.06 bits per heavy atom. The lowest BCUT2D eigenvalue weighted by molar-refractivity contribution is 0.288. The molecule has 1 saturated heterocycles. The highest BCUT2D eigenvalue weighted by molar-refractivity contribution is 5.52. The smallest absolute Gasteiger partial charge is 0.122 e. The molecule has 0 amide bonds. The van der Waals surface area contributed by atoms with Gasteiger partial charge in [-0.2, -0.15) is 0 Å². The number of rotatable bonds is 2. The van der Waals surface area contributed by atoms with Gasteiger partial charge in [0, 0.05) is 23.8 Å². The maximum atomic E-state index is 5.64. The summed E-state index contributed by atoms with van der Waals surface area (Å²) in [5.41, 5.74) is 2.83. The van der Waals surface area contributed by atoms with E-state index in [9.17, 15) is 0 Å². The monoisotopic (exact) mass is 246 g/mol. The van der Waals surface area contributed by atoms with Gasteiger partial charge in [-0.25, -0.2) is 0 Å². The first-order chi connectivity index (χ1) is 8.62. The first-order valence-corrected chi connectivity index (χ1v) is 6.90. The van der Waals surface area contributed by atoms with Crippen molar-refractivity contribution in [2.75, 3.05) is 18.5 Å². The third-order valence-electron chi connectivity index (χ3n) is 3.86. The summed E-state index contributed by atoms with van der Waals surface area (Å²) in [5, 5.41) is 7.17. The van der Waals surface area contributed by atoms with Crippen LogP contribution in [0.5, 0.6) is 5.75 Å². The Labute approximate surface area is 109 Å². The molecule has 2 aliphatic heterocycles. The van der Waals surface area contributed by atoms with Crippen molar-refractivity contribution in [3.05, 3.63) is 23.8 Å². The van der Waals surface area contributed by atoms with E-state index in [1.807, 2.05) is 0 Å². The lowest BCUT2D eigenvalue weighted by atomic mass is 10.0. The minimum absolute atomic E-state index is 0.259. The second-order valence-electron chi connectivity index (χ2n) is 6.08. The van der Waals surface area contributed by atoms with Gasteiger partial charge in [-0.15, -0.1) is 0 Å². The normalized spacial score (nSPS) is 25.3. The molecule has 1 unspecified atom stereocenters. The van der Waals surface area contributed by atoms with E-state index in [4.69, 9.17) is 4.74 Å². The van der Waals surface area contributed by atoms with Gasteiger partial charge < -0.3 is 15.4 Å². The summed E-state index contributed by atoms with van der Waals surface area (Å²) in [7, 11) is 0. The molecule has 0 saturated carbocycles. The second-order valence-corrected chi connectivity index (χ2v) is 6.08. The predicted molar refractivity (Wildman–Crippen MR) is 74.4 cm³/mol. The fourth-order valence-corrected chi connectivity index (χ4v) is 2.95. The Kier molecular flexibility index (Phi) is 2.94. The predicted octanol–water partition coefficient (Wildman–Crippen LogP) is 2.56. The third kappa shape index (κ3) is 2.46. The van der Waals surface area contributed by atoms with Crippen LogP contribution < -0.4 is 15.4 Å². The van der Waals surface area contributed by atoms with E-state index in [0.29, 0.717) is 6.04 Å². The van der Waals surface area contributed by atoms with Gasteiger partial charge in [0.2, 0.25) is 0 Å². The number of ether oxygens (including phenoxy) is 1. The van der Waals surface area contributed by atoms with Crippen LogP contribution in [0, 0.1) is 0 Å². The van der Waals surface area contributed by atoms with Gasteiger partial charge in [0.15, 0.2) is 0 Å². The zero-order chi connectivity index (χ0) is 12.6. The maximum Gasteiger partial charge on any atom is 0.122 e. The summed E-state index contributed by atoms with van der Waals surface area (Å²) < 4.78 is 5.64. The minimum atomic E-state index is 0.259. The van der Waals surface area contributed by atoms with Gasteiger partial charge in [0.1, 0.15) is 5.75 Å². The van der Waals surface area contributed by atoms with E-state index in [0.717, 1.165) is 31.7 Å². The van der Waals surface area contributed by atoms with Crippen LogP contribution in [0.15, 0.2) is 18.2 Å². The van der Waals surface area contributed by atoms with Crippen molar-refractivity contribution in [1.29, 1.82) is 0 Å². The Balaban J connectivity index is 1.70. The summed E-state index contributed by atoms with van der Waals surface area (Å²) in [5.74, 6) is 1.07. The average Bonchev–Trinajstić information content (AvgIpc) is 2.68. The van der Waals surface area contributed by atoms with Crippen LogP contribution in [0.4, 0.5) is 5.69 Å². The molecule has 0 spiro atoms. The Morgan fingerprint density at radius 2 is 2.28 bits per heavy atom. The summed E-state index contributed by atoms with van der Waals surface area (Å²) in [6.45, 7) is 6.42. The van der Waals surface area contributed by atoms with E-state index < -0.39 is 0 Å². The van der Waals surface area contributed by atoms with Crippen LogP contribution in [0.1, 0.15) is 32.3 Å². The molecule has 0 aliphatic carbocycles. The zero-order valence-corrected chi connectivity index (χ0v) is 11.3. The highest BCUT2D eigenvalue weighted by atomic mass is 16.5. The summed E-state index contributed by atoms with van der Waals surface area (Å²) in [4.78, 5) is 0. The molecule has 3 nitrogen and oxygen atoms in total. The molecule has 2 N–H and O–H groups in total. The lowest BCUT2D eigenvalue weighted by Gasteiger charge is -2.20. The molecule has 18 heavy (non-hydrogen) atoms. The average molecular weight is 246 g/mol. The number of fused-ring (bicyclic) bond motifs is 1. The minimum Gasteiger partial charge on any atom is -0.493 e. The van der Waals surface area contributed by atoms with Gasteiger partial charge in [-0.1, -0.05) is 0 Å². The van der Waals surface area contributed by atoms with Gasteiger partial charge in [-0.3, -0.25) is 0 Å². The SMILES string of the molecule is CC1(C)CC(Nc2ccc3c(c2)CCCO3)CN1. The molecule has 1 aromatic carbocycles. The molecule has 98 valence electrons. The summed E-state index contributed by atoms with van der Waals surface area (Å²) in [6.07, 6.45) is 3.44. The molecule has 1 atom stereocenters. The molecule has 2 heterocycles. The molecule has 3 rings (SSSR count).